The Balaban J connectivity index is 4.01. The van der Waals surface area contributed by atoms with E-state index in [1.165, 1.54) is 0 Å². The molecule has 106 valence electrons. The van der Waals surface area contributed by atoms with Crippen molar-refractivity contribution in [2.75, 3.05) is 13.2 Å². The number of carbonyl (C=O) groups excluding carboxylic acids is 2. The van der Waals surface area contributed by atoms with E-state index in [0.29, 0.717) is 0 Å². The lowest BCUT2D eigenvalue weighted by Crippen LogP contribution is -2.46. The zero-order chi connectivity index (χ0) is 14.3. The van der Waals surface area contributed by atoms with Crippen LogP contribution in [0.1, 0.15) is 34.1 Å². The van der Waals surface area contributed by atoms with Gasteiger partial charge in [-0.2, -0.15) is 0 Å². The predicted octanol–water partition coefficient (Wildman–Crippen LogP) is -0.603. The van der Waals surface area contributed by atoms with Crippen LogP contribution in [0.2, 0.25) is 0 Å². The van der Waals surface area contributed by atoms with Crippen LogP contribution in [-0.4, -0.2) is 47.3 Å². The Morgan fingerprint density at radius 3 is 2.28 bits per heavy atom. The number of carbonyl (C=O) groups is 2. The lowest BCUT2D eigenvalue weighted by atomic mass is 9.87. The van der Waals surface area contributed by atoms with E-state index < -0.39 is 17.4 Å². The summed E-state index contributed by atoms with van der Waals surface area (Å²) in [7, 11) is 0. The maximum absolute atomic E-state index is 11.5. The number of aliphatic hydroxyl groups is 2. The molecule has 0 saturated heterocycles. The average Bonchev–Trinajstić information content (AvgIpc) is 2.26. The van der Waals surface area contributed by atoms with Crippen molar-refractivity contribution in [3.8, 4) is 0 Å². The highest BCUT2D eigenvalue weighted by Crippen LogP contribution is 2.19. The molecule has 2 amide bonds. The highest BCUT2D eigenvalue weighted by atomic mass is 16.3. The number of aliphatic hydroxyl groups excluding tert-OH is 2. The fourth-order valence-electron chi connectivity index (χ4n) is 1.23. The van der Waals surface area contributed by atoms with Gasteiger partial charge in [0.2, 0.25) is 11.8 Å². The van der Waals surface area contributed by atoms with Crippen LogP contribution in [-0.2, 0) is 9.59 Å². The van der Waals surface area contributed by atoms with Crippen molar-refractivity contribution in [1.82, 2.24) is 10.6 Å². The molecule has 18 heavy (non-hydrogen) atoms. The molecular weight excluding hydrogens is 236 g/mol. The van der Waals surface area contributed by atoms with Gasteiger partial charge in [-0.3, -0.25) is 9.59 Å². The molecule has 0 spiro atoms. The van der Waals surface area contributed by atoms with Gasteiger partial charge in [0.05, 0.1) is 6.61 Å². The summed E-state index contributed by atoms with van der Waals surface area (Å²) in [5.41, 5.74) is -0.899. The van der Waals surface area contributed by atoms with Gasteiger partial charge in [-0.25, -0.2) is 0 Å². The number of hydrogen-bond donors (Lipinski definition) is 4. The van der Waals surface area contributed by atoms with Crippen LogP contribution < -0.4 is 10.6 Å². The Labute approximate surface area is 108 Å². The minimum Gasteiger partial charge on any atom is -0.396 e. The van der Waals surface area contributed by atoms with E-state index in [1.807, 2.05) is 13.8 Å². The van der Waals surface area contributed by atoms with Gasteiger partial charge in [0.25, 0.3) is 0 Å². The van der Waals surface area contributed by atoms with Crippen LogP contribution in [0, 0.1) is 5.41 Å². The molecule has 0 aliphatic carbocycles. The van der Waals surface area contributed by atoms with Crippen molar-refractivity contribution in [2.45, 2.75) is 46.3 Å². The quantitative estimate of drug-likeness (QED) is 0.491. The summed E-state index contributed by atoms with van der Waals surface area (Å²) in [6.07, 6.45) is -1.13. The first kappa shape index (κ1) is 16.9. The molecule has 0 aliphatic heterocycles. The Kier molecular flexibility index (Phi) is 6.86. The average molecular weight is 260 g/mol. The number of hydrogen-bond acceptors (Lipinski definition) is 4. The standard InChI is InChI=1S/C12H24N2O4/c1-8(2)14-9(16)5-6-13-11(18)10(17)12(3,4)7-15/h8,10,15,17H,5-7H2,1-4H3,(H,13,18)(H,14,16)/t10-/m0/s1. The second kappa shape index (κ2) is 7.33. The molecule has 0 fully saturated rings. The van der Waals surface area contributed by atoms with Gasteiger partial charge < -0.3 is 20.8 Å². The van der Waals surface area contributed by atoms with Crippen molar-refractivity contribution >= 4 is 11.8 Å². The molecule has 0 rings (SSSR count). The maximum Gasteiger partial charge on any atom is 0.249 e. The molecule has 4 N–H and O–H groups in total. The summed E-state index contributed by atoms with van der Waals surface area (Å²) >= 11 is 0. The zero-order valence-corrected chi connectivity index (χ0v) is 11.5. The molecular formula is C12H24N2O4. The minimum absolute atomic E-state index is 0.0621. The van der Waals surface area contributed by atoms with Crippen molar-refractivity contribution in [1.29, 1.82) is 0 Å². The van der Waals surface area contributed by atoms with Gasteiger partial charge in [-0.1, -0.05) is 13.8 Å². The first-order valence-corrected chi connectivity index (χ1v) is 6.06. The molecule has 0 aromatic rings. The van der Waals surface area contributed by atoms with Crippen LogP contribution >= 0.6 is 0 Å². The normalized spacial score (nSPS) is 13.3. The number of rotatable bonds is 7. The largest absolute Gasteiger partial charge is 0.396 e. The fraction of sp³-hybridized carbons (Fsp3) is 0.833. The summed E-state index contributed by atoms with van der Waals surface area (Å²) in [4.78, 5) is 22.8. The Morgan fingerprint density at radius 1 is 1.28 bits per heavy atom. The van der Waals surface area contributed by atoms with Gasteiger partial charge in [0.1, 0.15) is 6.10 Å². The number of amides is 2. The summed E-state index contributed by atoms with van der Waals surface area (Å²) in [6, 6.07) is 0.0621. The van der Waals surface area contributed by atoms with E-state index in [-0.39, 0.29) is 31.5 Å². The highest BCUT2D eigenvalue weighted by molar-refractivity contribution is 5.82. The molecule has 0 aromatic heterocycles. The third-order valence-electron chi connectivity index (χ3n) is 2.50. The van der Waals surface area contributed by atoms with Crippen LogP contribution in [0.5, 0.6) is 0 Å². The van der Waals surface area contributed by atoms with E-state index in [2.05, 4.69) is 10.6 Å². The topological polar surface area (TPSA) is 98.7 Å². The second-order valence-electron chi connectivity index (χ2n) is 5.31. The second-order valence-corrected chi connectivity index (χ2v) is 5.31. The SMILES string of the molecule is CC(C)NC(=O)CCNC(=O)[C@H](O)C(C)(C)CO. The Bertz CT molecular complexity index is 290. The predicted molar refractivity (Wildman–Crippen MR) is 67.8 cm³/mol. The van der Waals surface area contributed by atoms with E-state index in [9.17, 15) is 14.7 Å². The van der Waals surface area contributed by atoms with Crippen LogP contribution in [0.15, 0.2) is 0 Å². The molecule has 6 heteroatoms. The molecule has 1 atom stereocenters. The summed E-state index contributed by atoms with van der Waals surface area (Å²) in [6.45, 7) is 6.74. The van der Waals surface area contributed by atoms with Gasteiger partial charge >= 0.3 is 0 Å². The maximum atomic E-state index is 11.5. The lowest BCUT2D eigenvalue weighted by Gasteiger charge is -2.27. The van der Waals surface area contributed by atoms with Gasteiger partial charge in [0, 0.05) is 24.4 Å². The summed E-state index contributed by atoms with van der Waals surface area (Å²) in [5, 5.41) is 23.9. The van der Waals surface area contributed by atoms with Gasteiger partial charge in [-0.15, -0.1) is 0 Å². The monoisotopic (exact) mass is 260 g/mol. The smallest absolute Gasteiger partial charge is 0.249 e. The van der Waals surface area contributed by atoms with Gasteiger partial charge in [-0.05, 0) is 13.8 Å². The third kappa shape index (κ3) is 5.97. The van der Waals surface area contributed by atoms with Crippen LogP contribution in [0.25, 0.3) is 0 Å². The van der Waals surface area contributed by atoms with E-state index in [4.69, 9.17) is 5.11 Å². The molecule has 6 nitrogen and oxygen atoms in total. The summed E-state index contributed by atoms with van der Waals surface area (Å²) in [5.74, 6) is -0.729. The number of nitrogens with one attached hydrogen (secondary N) is 2. The van der Waals surface area contributed by atoms with Crippen molar-refractivity contribution in [3.05, 3.63) is 0 Å². The lowest BCUT2D eigenvalue weighted by molar-refractivity contribution is -0.137. The van der Waals surface area contributed by atoms with Crippen molar-refractivity contribution in [3.63, 3.8) is 0 Å². The van der Waals surface area contributed by atoms with Gasteiger partial charge in [0.15, 0.2) is 0 Å². The van der Waals surface area contributed by atoms with Crippen LogP contribution in [0.4, 0.5) is 0 Å². The molecule has 0 aliphatic rings. The Morgan fingerprint density at radius 2 is 1.83 bits per heavy atom. The zero-order valence-electron chi connectivity index (χ0n) is 11.5. The highest BCUT2D eigenvalue weighted by Gasteiger charge is 2.32. The minimum atomic E-state index is -1.30. The van der Waals surface area contributed by atoms with Crippen molar-refractivity contribution < 1.29 is 19.8 Å². The van der Waals surface area contributed by atoms with Crippen molar-refractivity contribution in [2.24, 2.45) is 5.41 Å². The molecule has 0 radical (unpaired) electrons. The molecule has 0 aromatic carbocycles. The fourth-order valence-corrected chi connectivity index (χ4v) is 1.23. The van der Waals surface area contributed by atoms with E-state index >= 15 is 0 Å². The van der Waals surface area contributed by atoms with E-state index in [0.717, 1.165) is 0 Å². The molecule has 0 unspecified atom stereocenters. The van der Waals surface area contributed by atoms with Crippen LogP contribution in [0.3, 0.4) is 0 Å². The molecule has 0 heterocycles. The molecule has 0 saturated carbocycles. The first-order chi connectivity index (χ1) is 8.20. The van der Waals surface area contributed by atoms with E-state index in [1.54, 1.807) is 13.8 Å². The third-order valence-corrected chi connectivity index (χ3v) is 2.50. The summed E-state index contributed by atoms with van der Waals surface area (Å²) < 4.78 is 0. The molecule has 0 bridgehead atoms. The Hall–Kier alpha value is -1.14. The first-order valence-electron chi connectivity index (χ1n) is 6.06.